The van der Waals surface area contributed by atoms with Gasteiger partial charge >= 0.3 is 0 Å². The molecule has 1 fully saturated rings. The van der Waals surface area contributed by atoms with E-state index in [1.165, 1.54) is 0 Å². The predicted molar refractivity (Wildman–Crippen MR) is 70.5 cm³/mol. The summed E-state index contributed by atoms with van der Waals surface area (Å²) < 4.78 is 4.91. The molecule has 2 amide bonds. The average molecular weight is 280 g/mol. The Balaban J connectivity index is 2.14. The van der Waals surface area contributed by atoms with Crippen LogP contribution in [0.2, 0.25) is 0 Å². The average Bonchev–Trinajstić information content (AvgIpc) is 2.78. The van der Waals surface area contributed by atoms with Crippen molar-refractivity contribution < 1.29 is 14.1 Å². The van der Waals surface area contributed by atoms with Crippen molar-refractivity contribution in [2.24, 2.45) is 5.92 Å². The van der Waals surface area contributed by atoms with E-state index >= 15 is 0 Å². The van der Waals surface area contributed by atoms with Crippen LogP contribution < -0.4 is 5.32 Å². The van der Waals surface area contributed by atoms with Gasteiger partial charge in [-0.3, -0.25) is 9.59 Å². The number of rotatable bonds is 4. The zero-order valence-corrected chi connectivity index (χ0v) is 12.0. The number of hydrogen-bond acceptors (Lipinski definition) is 5. The van der Waals surface area contributed by atoms with Gasteiger partial charge in [0.2, 0.25) is 17.7 Å². The molecule has 0 aliphatic carbocycles. The molecule has 1 N–H and O–H groups in total. The fourth-order valence-corrected chi connectivity index (χ4v) is 2.21. The third-order valence-corrected chi connectivity index (χ3v) is 3.62. The van der Waals surface area contributed by atoms with Gasteiger partial charge in [-0.25, -0.2) is 0 Å². The Morgan fingerprint density at radius 1 is 1.50 bits per heavy atom. The van der Waals surface area contributed by atoms with Crippen molar-refractivity contribution in [3.8, 4) is 0 Å². The van der Waals surface area contributed by atoms with Gasteiger partial charge in [0.1, 0.15) is 6.04 Å². The maximum absolute atomic E-state index is 12.5. The van der Waals surface area contributed by atoms with Crippen LogP contribution in [-0.4, -0.2) is 39.4 Å². The lowest BCUT2D eigenvalue weighted by Crippen LogP contribution is -2.48. The second kappa shape index (κ2) is 6.02. The summed E-state index contributed by atoms with van der Waals surface area (Å²) in [4.78, 5) is 30.0. The number of nitrogens with zero attached hydrogens (tertiary/aromatic N) is 3. The molecule has 1 aromatic rings. The van der Waals surface area contributed by atoms with Crippen molar-refractivity contribution >= 4 is 11.8 Å². The minimum Gasteiger partial charge on any atom is -0.344 e. The summed E-state index contributed by atoms with van der Waals surface area (Å²) in [6.45, 7) is 6.32. The van der Waals surface area contributed by atoms with E-state index in [1.54, 1.807) is 11.8 Å². The lowest BCUT2D eigenvalue weighted by Gasteiger charge is -2.26. The second-order valence-electron chi connectivity index (χ2n) is 5.17. The van der Waals surface area contributed by atoms with Crippen LogP contribution in [-0.2, 0) is 16.1 Å². The Labute approximate surface area is 117 Å². The van der Waals surface area contributed by atoms with Gasteiger partial charge in [-0.1, -0.05) is 25.4 Å². The Kier molecular flexibility index (Phi) is 4.36. The Morgan fingerprint density at radius 3 is 2.85 bits per heavy atom. The van der Waals surface area contributed by atoms with E-state index in [2.05, 4.69) is 15.5 Å². The molecule has 0 spiro atoms. The van der Waals surface area contributed by atoms with E-state index < -0.39 is 6.04 Å². The molecule has 7 nitrogen and oxygen atoms in total. The highest BCUT2D eigenvalue weighted by molar-refractivity contribution is 5.90. The van der Waals surface area contributed by atoms with Gasteiger partial charge < -0.3 is 14.7 Å². The molecule has 1 aromatic heterocycles. The van der Waals surface area contributed by atoms with Gasteiger partial charge in [0.25, 0.3) is 0 Å². The van der Waals surface area contributed by atoms with Gasteiger partial charge in [-0.2, -0.15) is 4.98 Å². The largest absolute Gasteiger partial charge is 0.344 e. The van der Waals surface area contributed by atoms with Crippen molar-refractivity contribution in [2.45, 2.75) is 46.2 Å². The van der Waals surface area contributed by atoms with E-state index in [4.69, 9.17) is 4.52 Å². The molecule has 0 saturated carbocycles. The molecule has 0 radical (unpaired) electrons. The highest BCUT2D eigenvalue weighted by Gasteiger charge is 2.33. The molecule has 2 heterocycles. The third-order valence-electron chi connectivity index (χ3n) is 3.62. The number of carbonyl (C=O) groups excluding carboxylic acids is 2. The van der Waals surface area contributed by atoms with Crippen LogP contribution in [0, 0.1) is 12.8 Å². The third kappa shape index (κ3) is 3.15. The summed E-state index contributed by atoms with van der Waals surface area (Å²) in [5.41, 5.74) is 0. The Bertz CT molecular complexity index is 500. The molecule has 0 aromatic carbocycles. The van der Waals surface area contributed by atoms with Gasteiger partial charge in [-0.05, 0) is 5.92 Å². The molecule has 2 atom stereocenters. The van der Waals surface area contributed by atoms with Crippen molar-refractivity contribution in [3.05, 3.63) is 11.7 Å². The van der Waals surface area contributed by atoms with Crippen LogP contribution >= 0.6 is 0 Å². The number of hydrogen-bond donors (Lipinski definition) is 1. The minimum absolute atomic E-state index is 0.0762. The number of aryl methyl sites for hydroxylation is 1. The van der Waals surface area contributed by atoms with Crippen LogP contribution in [0.25, 0.3) is 0 Å². The summed E-state index contributed by atoms with van der Waals surface area (Å²) in [7, 11) is 0. The maximum Gasteiger partial charge on any atom is 0.245 e. The molecule has 1 saturated heterocycles. The summed E-state index contributed by atoms with van der Waals surface area (Å²) in [6, 6.07) is -0.469. The Hall–Kier alpha value is -1.92. The molecule has 20 heavy (non-hydrogen) atoms. The van der Waals surface area contributed by atoms with E-state index in [-0.39, 0.29) is 24.3 Å². The molecule has 7 heteroatoms. The van der Waals surface area contributed by atoms with E-state index in [1.807, 2.05) is 13.8 Å². The molecular formula is C13H20N4O3. The molecule has 110 valence electrons. The number of amides is 2. The quantitative estimate of drug-likeness (QED) is 0.874. The van der Waals surface area contributed by atoms with Gasteiger partial charge in [0.15, 0.2) is 5.82 Å². The van der Waals surface area contributed by atoms with Crippen LogP contribution in [0.4, 0.5) is 0 Å². The molecule has 1 aliphatic heterocycles. The first kappa shape index (κ1) is 14.5. The first-order valence-electron chi connectivity index (χ1n) is 6.88. The molecule has 2 unspecified atom stereocenters. The summed E-state index contributed by atoms with van der Waals surface area (Å²) in [6.07, 6.45) is 1.13. The molecular weight excluding hydrogens is 260 g/mol. The number of nitrogens with one attached hydrogen (secondary N) is 1. The van der Waals surface area contributed by atoms with E-state index in [9.17, 15) is 9.59 Å². The number of aromatic nitrogens is 2. The fraction of sp³-hybridized carbons (Fsp3) is 0.692. The van der Waals surface area contributed by atoms with Gasteiger partial charge in [0.05, 0.1) is 6.54 Å². The van der Waals surface area contributed by atoms with Crippen molar-refractivity contribution in [1.82, 2.24) is 20.4 Å². The Morgan fingerprint density at radius 2 is 2.25 bits per heavy atom. The predicted octanol–water partition coefficient (Wildman–Crippen LogP) is 0.641. The minimum atomic E-state index is -0.469. The SMILES string of the molecule is CCC(C)C1NC(=O)CCN(Cc2noc(C)n2)C1=O. The summed E-state index contributed by atoms with van der Waals surface area (Å²) >= 11 is 0. The lowest BCUT2D eigenvalue weighted by atomic mass is 9.98. The summed E-state index contributed by atoms with van der Waals surface area (Å²) in [5, 5.41) is 6.60. The summed E-state index contributed by atoms with van der Waals surface area (Å²) in [5.74, 6) is 0.866. The molecule has 0 bridgehead atoms. The zero-order chi connectivity index (χ0) is 14.7. The number of carbonyl (C=O) groups is 2. The monoisotopic (exact) mass is 280 g/mol. The van der Waals surface area contributed by atoms with Crippen molar-refractivity contribution in [3.63, 3.8) is 0 Å². The van der Waals surface area contributed by atoms with Crippen molar-refractivity contribution in [1.29, 1.82) is 0 Å². The smallest absolute Gasteiger partial charge is 0.245 e. The van der Waals surface area contributed by atoms with Gasteiger partial charge in [0, 0.05) is 19.9 Å². The topological polar surface area (TPSA) is 88.3 Å². The van der Waals surface area contributed by atoms with Crippen LogP contribution in [0.1, 0.15) is 38.4 Å². The first-order chi connectivity index (χ1) is 9.51. The second-order valence-corrected chi connectivity index (χ2v) is 5.17. The van der Waals surface area contributed by atoms with Crippen molar-refractivity contribution in [2.75, 3.05) is 6.54 Å². The lowest BCUT2D eigenvalue weighted by molar-refractivity contribution is -0.135. The van der Waals surface area contributed by atoms with E-state index in [0.29, 0.717) is 24.7 Å². The van der Waals surface area contributed by atoms with Crippen LogP contribution in [0.5, 0.6) is 0 Å². The zero-order valence-electron chi connectivity index (χ0n) is 12.0. The fourth-order valence-electron chi connectivity index (χ4n) is 2.21. The molecule has 2 rings (SSSR count). The highest BCUT2D eigenvalue weighted by Crippen LogP contribution is 2.15. The highest BCUT2D eigenvalue weighted by atomic mass is 16.5. The van der Waals surface area contributed by atoms with Gasteiger partial charge in [-0.15, -0.1) is 0 Å². The maximum atomic E-state index is 12.5. The van der Waals surface area contributed by atoms with E-state index in [0.717, 1.165) is 6.42 Å². The van der Waals surface area contributed by atoms with Crippen LogP contribution in [0.3, 0.4) is 0 Å². The molecule has 1 aliphatic rings. The normalized spacial score (nSPS) is 21.6. The standard InChI is InChI=1S/C13H20N4O3/c1-4-8(2)12-13(19)17(6-5-11(18)15-12)7-10-14-9(3)20-16-10/h8,12H,4-7H2,1-3H3,(H,15,18). The van der Waals surface area contributed by atoms with Crippen LogP contribution in [0.15, 0.2) is 4.52 Å². The first-order valence-corrected chi connectivity index (χ1v) is 6.88.